The van der Waals surface area contributed by atoms with E-state index in [0.29, 0.717) is 12.4 Å². The van der Waals surface area contributed by atoms with Gasteiger partial charge in [0.25, 0.3) is 5.91 Å². The average Bonchev–Trinajstić information content (AvgIpc) is 2.68. The van der Waals surface area contributed by atoms with E-state index >= 15 is 0 Å². The minimum absolute atomic E-state index is 0.223. The van der Waals surface area contributed by atoms with E-state index in [1.54, 1.807) is 18.3 Å². The highest BCUT2D eigenvalue weighted by atomic mass is 32.1. The number of thiocarbonyl (C=S) groups is 1. The summed E-state index contributed by atoms with van der Waals surface area (Å²) in [5.74, 6) is 0.0615. The predicted molar refractivity (Wildman–Crippen MR) is 113 cm³/mol. The molecular formula is C21H27N3O2S. The van der Waals surface area contributed by atoms with Crippen molar-refractivity contribution in [1.29, 1.82) is 0 Å². The molecule has 2 aromatic rings. The van der Waals surface area contributed by atoms with E-state index in [1.165, 1.54) is 24.8 Å². The molecule has 1 aromatic carbocycles. The first-order valence-electron chi connectivity index (χ1n) is 9.43. The van der Waals surface area contributed by atoms with Crippen LogP contribution in [-0.2, 0) is 6.42 Å². The molecule has 0 bridgehead atoms. The van der Waals surface area contributed by atoms with Crippen molar-refractivity contribution in [3.63, 3.8) is 0 Å². The molecule has 0 radical (unpaired) electrons. The third kappa shape index (κ3) is 6.98. The lowest BCUT2D eigenvalue weighted by Gasteiger charge is -2.12. The van der Waals surface area contributed by atoms with Gasteiger partial charge in [0, 0.05) is 11.9 Å². The maximum Gasteiger partial charge on any atom is 0.279 e. The number of rotatable bonds is 9. The molecule has 0 saturated carbocycles. The van der Waals surface area contributed by atoms with Crippen LogP contribution in [0.15, 0.2) is 42.6 Å². The first-order valence-corrected chi connectivity index (χ1v) is 9.84. The van der Waals surface area contributed by atoms with Gasteiger partial charge in [-0.3, -0.25) is 10.1 Å². The number of nitrogens with zero attached hydrogens (tertiary/aromatic N) is 1. The molecule has 1 amide bonds. The van der Waals surface area contributed by atoms with Crippen LogP contribution in [-0.4, -0.2) is 22.6 Å². The van der Waals surface area contributed by atoms with Crippen LogP contribution in [0.25, 0.3) is 0 Å². The highest BCUT2D eigenvalue weighted by molar-refractivity contribution is 7.80. The summed E-state index contributed by atoms with van der Waals surface area (Å²) in [5.41, 5.74) is 2.36. The Labute approximate surface area is 166 Å². The van der Waals surface area contributed by atoms with Crippen molar-refractivity contribution in [2.75, 3.05) is 11.9 Å². The van der Waals surface area contributed by atoms with Crippen molar-refractivity contribution in [3.8, 4) is 5.75 Å². The first kappa shape index (κ1) is 20.8. The van der Waals surface area contributed by atoms with Gasteiger partial charge >= 0.3 is 0 Å². The molecule has 6 heteroatoms. The Hall–Kier alpha value is -2.47. The van der Waals surface area contributed by atoms with Gasteiger partial charge in [0.2, 0.25) is 0 Å². The number of benzene rings is 1. The Balaban J connectivity index is 1.91. The molecular weight excluding hydrogens is 358 g/mol. The Morgan fingerprint density at radius 2 is 1.89 bits per heavy atom. The van der Waals surface area contributed by atoms with E-state index in [9.17, 15) is 4.79 Å². The number of unbranched alkanes of at least 4 members (excludes halogenated alkanes) is 2. The highest BCUT2D eigenvalue weighted by Gasteiger charge is 2.15. The van der Waals surface area contributed by atoms with E-state index in [4.69, 9.17) is 17.0 Å². The number of anilines is 1. The van der Waals surface area contributed by atoms with Crippen LogP contribution in [0.4, 0.5) is 5.69 Å². The molecule has 2 rings (SSSR count). The Kier molecular flexibility index (Phi) is 8.71. The zero-order valence-electron chi connectivity index (χ0n) is 16.0. The van der Waals surface area contributed by atoms with E-state index in [0.717, 1.165) is 18.5 Å². The number of carbonyl (C=O) groups excluding carboxylic acids is 1. The number of aromatic nitrogens is 1. The van der Waals surface area contributed by atoms with Crippen LogP contribution in [0.3, 0.4) is 0 Å². The van der Waals surface area contributed by atoms with Crippen molar-refractivity contribution in [2.24, 2.45) is 0 Å². The smallest absolute Gasteiger partial charge is 0.279 e. The molecule has 0 saturated heterocycles. The molecule has 5 nitrogen and oxygen atoms in total. The third-order valence-electron chi connectivity index (χ3n) is 3.96. The zero-order chi connectivity index (χ0) is 19.5. The second-order valence-corrected chi connectivity index (χ2v) is 6.67. The molecule has 0 spiro atoms. The summed E-state index contributed by atoms with van der Waals surface area (Å²) in [6.07, 6.45) is 7.15. The summed E-state index contributed by atoms with van der Waals surface area (Å²) >= 11 is 5.25. The summed E-state index contributed by atoms with van der Waals surface area (Å²) in [7, 11) is 0. The van der Waals surface area contributed by atoms with Gasteiger partial charge in [0.15, 0.2) is 16.6 Å². The van der Waals surface area contributed by atoms with Crippen LogP contribution in [0.5, 0.6) is 5.75 Å². The van der Waals surface area contributed by atoms with Crippen LogP contribution >= 0.6 is 12.2 Å². The van der Waals surface area contributed by atoms with Crippen molar-refractivity contribution in [2.45, 2.75) is 46.0 Å². The molecule has 0 atom stereocenters. The summed E-state index contributed by atoms with van der Waals surface area (Å²) < 4.78 is 5.57. The van der Waals surface area contributed by atoms with Gasteiger partial charge in [-0.1, -0.05) is 38.8 Å². The van der Waals surface area contributed by atoms with Crippen LogP contribution in [0.1, 0.15) is 55.6 Å². The average molecular weight is 386 g/mol. The van der Waals surface area contributed by atoms with Gasteiger partial charge in [-0.2, -0.15) is 0 Å². The molecule has 144 valence electrons. The van der Waals surface area contributed by atoms with Crippen LogP contribution in [0, 0.1) is 0 Å². The number of hydrogen-bond donors (Lipinski definition) is 2. The monoisotopic (exact) mass is 385 g/mol. The fourth-order valence-electron chi connectivity index (χ4n) is 2.55. The molecule has 1 heterocycles. The maximum atomic E-state index is 12.4. The topological polar surface area (TPSA) is 63.2 Å². The lowest BCUT2D eigenvalue weighted by molar-refractivity contribution is 0.0968. The lowest BCUT2D eigenvalue weighted by atomic mass is 10.1. The van der Waals surface area contributed by atoms with Gasteiger partial charge in [0.05, 0.1) is 6.61 Å². The number of hydrogen-bond acceptors (Lipinski definition) is 4. The first-order chi connectivity index (χ1) is 13.1. The standard InChI is InChI=1S/C21H27N3O2S/c1-3-5-6-8-16-10-12-17(13-11-16)23-21(27)24-20(25)19-18(26-15-4-2)9-7-14-22-19/h7,9-14H,3-6,8,15H2,1-2H3,(H2,23,24,25,27). The van der Waals surface area contributed by atoms with E-state index in [2.05, 4.69) is 34.7 Å². The second-order valence-electron chi connectivity index (χ2n) is 6.26. The van der Waals surface area contributed by atoms with Crippen LogP contribution < -0.4 is 15.4 Å². The Morgan fingerprint density at radius 3 is 2.59 bits per heavy atom. The second kappa shape index (κ2) is 11.3. The molecule has 0 fully saturated rings. The lowest BCUT2D eigenvalue weighted by Crippen LogP contribution is -2.34. The molecule has 0 aliphatic carbocycles. The predicted octanol–water partition coefficient (Wildman–Crippen LogP) is 4.73. The van der Waals surface area contributed by atoms with Crippen LogP contribution in [0.2, 0.25) is 0 Å². The molecule has 0 aliphatic rings. The van der Waals surface area contributed by atoms with E-state index in [-0.39, 0.29) is 10.8 Å². The van der Waals surface area contributed by atoms with Gasteiger partial charge in [-0.15, -0.1) is 0 Å². The van der Waals surface area contributed by atoms with Crippen molar-refractivity contribution in [3.05, 3.63) is 53.9 Å². The van der Waals surface area contributed by atoms with Gasteiger partial charge in [-0.25, -0.2) is 4.98 Å². The molecule has 1 aromatic heterocycles. The minimum atomic E-state index is -0.393. The Bertz CT molecular complexity index is 747. The normalized spacial score (nSPS) is 10.3. The summed E-state index contributed by atoms with van der Waals surface area (Å²) in [4.78, 5) is 16.6. The summed E-state index contributed by atoms with van der Waals surface area (Å²) in [6, 6.07) is 11.6. The minimum Gasteiger partial charge on any atom is -0.491 e. The molecule has 2 N–H and O–H groups in total. The fourth-order valence-corrected chi connectivity index (χ4v) is 2.76. The number of amides is 1. The summed E-state index contributed by atoms with van der Waals surface area (Å²) in [5, 5.41) is 5.92. The SMILES string of the molecule is CCCCCc1ccc(NC(=S)NC(=O)c2ncccc2OCCC)cc1. The highest BCUT2D eigenvalue weighted by Crippen LogP contribution is 2.16. The maximum absolute atomic E-state index is 12.4. The number of pyridine rings is 1. The van der Waals surface area contributed by atoms with Gasteiger partial charge < -0.3 is 10.1 Å². The summed E-state index contributed by atoms with van der Waals surface area (Å²) in [6.45, 7) is 4.73. The zero-order valence-corrected chi connectivity index (χ0v) is 16.8. The number of carbonyl (C=O) groups is 1. The van der Waals surface area contributed by atoms with Crippen molar-refractivity contribution in [1.82, 2.24) is 10.3 Å². The van der Waals surface area contributed by atoms with Gasteiger partial charge in [-0.05, 0) is 61.3 Å². The molecule has 0 aliphatic heterocycles. The van der Waals surface area contributed by atoms with Crippen molar-refractivity contribution < 1.29 is 9.53 Å². The number of aryl methyl sites for hydroxylation is 1. The van der Waals surface area contributed by atoms with E-state index < -0.39 is 5.91 Å². The number of ether oxygens (including phenoxy) is 1. The fraction of sp³-hybridized carbons (Fsp3) is 0.381. The Morgan fingerprint density at radius 1 is 1.11 bits per heavy atom. The quantitative estimate of drug-likeness (QED) is 0.483. The van der Waals surface area contributed by atoms with Gasteiger partial charge in [0.1, 0.15) is 0 Å². The molecule has 0 unspecified atom stereocenters. The van der Waals surface area contributed by atoms with Crippen molar-refractivity contribution >= 4 is 28.9 Å². The third-order valence-corrected chi connectivity index (χ3v) is 4.16. The number of nitrogens with one attached hydrogen (secondary N) is 2. The largest absolute Gasteiger partial charge is 0.491 e. The van der Waals surface area contributed by atoms with E-state index in [1.807, 2.05) is 19.1 Å². The molecule has 27 heavy (non-hydrogen) atoms.